The molecule has 0 aliphatic rings. The Labute approximate surface area is 153 Å². The van der Waals surface area contributed by atoms with Gasteiger partial charge in [-0.1, -0.05) is 11.6 Å². The lowest BCUT2D eigenvalue weighted by Gasteiger charge is -2.10. The van der Waals surface area contributed by atoms with Crippen molar-refractivity contribution in [1.29, 1.82) is 0 Å². The number of phenols is 1. The Balaban J connectivity index is 2.29. The second-order valence-electron chi connectivity index (χ2n) is 6.03. The Kier molecular flexibility index (Phi) is 4.46. The fraction of sp³-hybridized carbons (Fsp3) is 0.158. The molecular weight excluding hydrogens is 361 g/mol. The number of fused-ring (bicyclic) bond motifs is 1. The average molecular weight is 376 g/mol. The predicted molar refractivity (Wildman–Crippen MR) is 95.5 cm³/mol. The number of carboxylic acid groups (broad SMARTS) is 1. The molecule has 0 saturated carbocycles. The minimum Gasteiger partial charge on any atom is -0.508 e. The van der Waals surface area contributed by atoms with Crippen molar-refractivity contribution in [3.8, 4) is 5.75 Å². The average Bonchev–Trinajstić information content (AvgIpc) is 2.87. The summed E-state index contributed by atoms with van der Waals surface area (Å²) in [6.45, 7) is 3.13. The molecule has 0 bridgehead atoms. The number of nitrogens with zero attached hydrogens (tertiary/aromatic N) is 1. The minimum absolute atomic E-state index is 0.0431. The zero-order valence-electron chi connectivity index (χ0n) is 14.0. The molecule has 1 aromatic heterocycles. The van der Waals surface area contributed by atoms with Crippen LogP contribution in [0.15, 0.2) is 36.4 Å². The van der Waals surface area contributed by atoms with E-state index in [9.17, 15) is 24.2 Å². The summed E-state index contributed by atoms with van der Waals surface area (Å²) in [7, 11) is 0. The third-order valence-corrected chi connectivity index (χ3v) is 4.72. The second kappa shape index (κ2) is 6.46. The van der Waals surface area contributed by atoms with Crippen LogP contribution in [0.3, 0.4) is 0 Å². The van der Waals surface area contributed by atoms with Gasteiger partial charge in [-0.3, -0.25) is 14.2 Å². The van der Waals surface area contributed by atoms with Gasteiger partial charge in [0.05, 0.1) is 16.5 Å². The van der Waals surface area contributed by atoms with Gasteiger partial charge in [0.2, 0.25) is 0 Å². The van der Waals surface area contributed by atoms with Crippen LogP contribution in [0.4, 0.5) is 4.39 Å². The van der Waals surface area contributed by atoms with Crippen molar-refractivity contribution in [1.82, 2.24) is 4.57 Å². The second-order valence-corrected chi connectivity index (χ2v) is 6.44. The van der Waals surface area contributed by atoms with E-state index in [4.69, 9.17) is 11.6 Å². The maximum Gasteiger partial charge on any atom is 0.310 e. The van der Waals surface area contributed by atoms with Crippen LogP contribution in [0.1, 0.15) is 34.5 Å². The Bertz CT molecular complexity index is 1060. The highest BCUT2D eigenvalue weighted by Crippen LogP contribution is 2.34. The summed E-state index contributed by atoms with van der Waals surface area (Å²) in [5.74, 6) is -3.23. The lowest BCUT2D eigenvalue weighted by Crippen LogP contribution is -2.15. The maximum absolute atomic E-state index is 13.8. The highest BCUT2D eigenvalue weighted by atomic mass is 35.5. The number of phenolic OH excluding ortho intramolecular Hbond substituents is 1. The Morgan fingerprint density at radius 3 is 2.50 bits per heavy atom. The van der Waals surface area contributed by atoms with Crippen LogP contribution in [-0.2, 0) is 4.79 Å². The standard InChI is InChI=1S/C19H15ClFNO4/c1-9(19(25)26)17-10(2)22(16-6-4-12(23)8-13(16)17)18(24)11-3-5-14(20)15(21)7-11/h3-9,23H,1-2H3,(H,25,26)/t9-/m1/s1. The van der Waals surface area contributed by atoms with Crippen LogP contribution >= 0.6 is 11.6 Å². The predicted octanol–water partition coefficient (Wildman–Crippen LogP) is 4.32. The van der Waals surface area contributed by atoms with Gasteiger partial charge in [0.15, 0.2) is 0 Å². The van der Waals surface area contributed by atoms with Gasteiger partial charge in [0.25, 0.3) is 5.91 Å². The number of aromatic hydroxyl groups is 1. The number of carboxylic acids is 1. The minimum atomic E-state index is -1.06. The molecule has 3 aromatic rings. The van der Waals surface area contributed by atoms with Gasteiger partial charge in [-0.25, -0.2) is 4.39 Å². The fourth-order valence-corrected chi connectivity index (χ4v) is 3.24. The van der Waals surface area contributed by atoms with Crippen LogP contribution < -0.4 is 0 Å². The maximum atomic E-state index is 13.8. The van der Waals surface area contributed by atoms with Gasteiger partial charge in [-0.15, -0.1) is 0 Å². The van der Waals surface area contributed by atoms with Crippen LogP contribution in [-0.4, -0.2) is 26.7 Å². The van der Waals surface area contributed by atoms with Gasteiger partial charge in [0, 0.05) is 16.6 Å². The van der Waals surface area contributed by atoms with Crippen molar-refractivity contribution in [2.75, 3.05) is 0 Å². The molecule has 5 nitrogen and oxygen atoms in total. The van der Waals surface area contributed by atoms with Gasteiger partial charge < -0.3 is 10.2 Å². The van der Waals surface area contributed by atoms with E-state index in [1.807, 2.05) is 0 Å². The Morgan fingerprint density at radius 2 is 1.88 bits per heavy atom. The molecular formula is C19H15ClFNO4. The number of aliphatic carboxylic acids is 1. The molecule has 0 aliphatic heterocycles. The molecule has 1 atom stereocenters. The quantitative estimate of drug-likeness (QED) is 0.714. The van der Waals surface area contributed by atoms with Crippen molar-refractivity contribution in [3.63, 3.8) is 0 Å². The highest BCUT2D eigenvalue weighted by molar-refractivity contribution is 6.30. The summed E-state index contributed by atoms with van der Waals surface area (Å²) in [6, 6.07) is 8.08. The van der Waals surface area contributed by atoms with Crippen LogP contribution in [0.5, 0.6) is 5.75 Å². The molecule has 0 spiro atoms. The third-order valence-electron chi connectivity index (χ3n) is 4.41. The van der Waals surface area contributed by atoms with Crippen LogP contribution in [0.2, 0.25) is 5.02 Å². The molecule has 0 amide bonds. The van der Waals surface area contributed by atoms with E-state index in [0.717, 1.165) is 6.07 Å². The van der Waals surface area contributed by atoms with E-state index < -0.39 is 23.6 Å². The summed E-state index contributed by atoms with van der Waals surface area (Å²) >= 11 is 5.67. The first kappa shape index (κ1) is 17.9. The fourth-order valence-electron chi connectivity index (χ4n) is 3.12. The number of carbonyl (C=O) groups is 2. The molecule has 0 saturated heterocycles. The van der Waals surface area contributed by atoms with Gasteiger partial charge in [-0.2, -0.15) is 0 Å². The first-order valence-electron chi connectivity index (χ1n) is 7.79. The van der Waals surface area contributed by atoms with Crippen LogP contribution in [0.25, 0.3) is 10.9 Å². The molecule has 134 valence electrons. The Hall–Kier alpha value is -2.86. The zero-order chi connectivity index (χ0) is 19.2. The summed E-state index contributed by atoms with van der Waals surface area (Å²) in [5, 5.41) is 19.6. The van der Waals surface area contributed by atoms with Crippen molar-refractivity contribution in [3.05, 3.63) is 64.1 Å². The molecule has 26 heavy (non-hydrogen) atoms. The number of rotatable bonds is 3. The number of hydrogen-bond donors (Lipinski definition) is 2. The summed E-state index contributed by atoms with van der Waals surface area (Å²) < 4.78 is 15.1. The first-order valence-corrected chi connectivity index (χ1v) is 8.16. The molecule has 2 N–H and O–H groups in total. The normalized spacial score (nSPS) is 12.3. The molecule has 7 heteroatoms. The lowest BCUT2D eigenvalue weighted by molar-refractivity contribution is -0.138. The van der Waals surface area contributed by atoms with E-state index in [-0.39, 0.29) is 16.3 Å². The zero-order valence-corrected chi connectivity index (χ0v) is 14.7. The molecule has 3 rings (SSSR count). The van der Waals surface area contributed by atoms with E-state index in [0.29, 0.717) is 22.2 Å². The molecule has 0 radical (unpaired) electrons. The summed E-state index contributed by atoms with van der Waals surface area (Å²) in [4.78, 5) is 24.5. The molecule has 2 aromatic carbocycles. The largest absolute Gasteiger partial charge is 0.508 e. The number of hydrogen-bond acceptors (Lipinski definition) is 3. The van der Waals surface area contributed by atoms with Crippen molar-refractivity contribution in [2.45, 2.75) is 19.8 Å². The number of aromatic nitrogens is 1. The lowest BCUT2D eigenvalue weighted by atomic mass is 9.98. The molecule has 1 heterocycles. The number of carbonyl (C=O) groups excluding carboxylic acids is 1. The number of benzene rings is 2. The topological polar surface area (TPSA) is 79.5 Å². The molecule has 0 unspecified atom stereocenters. The van der Waals surface area contributed by atoms with Gasteiger partial charge in [-0.05, 0) is 55.8 Å². The Morgan fingerprint density at radius 1 is 1.19 bits per heavy atom. The van der Waals surface area contributed by atoms with E-state index >= 15 is 0 Å². The van der Waals surface area contributed by atoms with E-state index in [1.165, 1.54) is 41.8 Å². The smallest absolute Gasteiger partial charge is 0.310 e. The monoisotopic (exact) mass is 375 g/mol. The SMILES string of the molecule is Cc1c([C@@H](C)C(=O)O)c2cc(O)ccc2n1C(=O)c1ccc(Cl)c(F)c1. The van der Waals surface area contributed by atoms with Crippen LogP contribution in [0, 0.1) is 12.7 Å². The number of halogens is 2. The summed E-state index contributed by atoms with van der Waals surface area (Å²) in [6.07, 6.45) is 0. The van der Waals surface area contributed by atoms with Crippen molar-refractivity contribution >= 4 is 34.4 Å². The summed E-state index contributed by atoms with van der Waals surface area (Å²) in [5.41, 5.74) is 1.35. The van der Waals surface area contributed by atoms with Gasteiger partial charge in [0.1, 0.15) is 11.6 Å². The van der Waals surface area contributed by atoms with Gasteiger partial charge >= 0.3 is 5.97 Å². The molecule has 0 fully saturated rings. The first-order chi connectivity index (χ1) is 12.2. The highest BCUT2D eigenvalue weighted by Gasteiger charge is 2.26. The third kappa shape index (κ3) is 2.82. The molecule has 0 aliphatic carbocycles. The van der Waals surface area contributed by atoms with E-state index in [2.05, 4.69) is 0 Å². The van der Waals surface area contributed by atoms with E-state index in [1.54, 1.807) is 6.92 Å². The van der Waals surface area contributed by atoms with Crippen molar-refractivity contribution < 1.29 is 24.2 Å². The van der Waals surface area contributed by atoms with Crippen molar-refractivity contribution in [2.24, 2.45) is 0 Å².